The highest BCUT2D eigenvalue weighted by Gasteiger charge is 2.14. The van der Waals surface area contributed by atoms with Gasteiger partial charge in [0.05, 0.1) is 18.4 Å². The van der Waals surface area contributed by atoms with Crippen molar-refractivity contribution in [1.29, 1.82) is 0 Å². The minimum absolute atomic E-state index is 0.177. The van der Waals surface area contributed by atoms with Crippen LogP contribution in [0.25, 0.3) is 11.5 Å². The van der Waals surface area contributed by atoms with Crippen LogP contribution in [0.4, 0.5) is 0 Å². The summed E-state index contributed by atoms with van der Waals surface area (Å²) in [4.78, 5) is 16.0. The number of carbonyl (C=O) groups excluding carboxylic acids is 1. The van der Waals surface area contributed by atoms with E-state index in [0.717, 1.165) is 28.3 Å². The molecule has 0 aliphatic carbocycles. The molecule has 3 rings (SSSR count). The van der Waals surface area contributed by atoms with E-state index in [1.54, 1.807) is 0 Å². The van der Waals surface area contributed by atoms with E-state index in [-0.39, 0.29) is 24.0 Å². The van der Waals surface area contributed by atoms with Gasteiger partial charge in [-0.1, -0.05) is 46.3 Å². The van der Waals surface area contributed by atoms with E-state index in [9.17, 15) is 4.79 Å². The number of ether oxygens (including phenoxy) is 3. The molecule has 0 fully saturated rings. The first-order valence-corrected chi connectivity index (χ1v) is 11.8. The molecule has 1 atom stereocenters. The van der Waals surface area contributed by atoms with Crippen LogP contribution >= 0.6 is 15.9 Å². The molecule has 0 spiro atoms. The Kier molecular flexibility index (Phi) is 9.31. The highest BCUT2D eigenvalue weighted by molar-refractivity contribution is 9.09. The third-order valence-electron chi connectivity index (χ3n) is 4.85. The third-order valence-corrected chi connectivity index (χ3v) is 5.31. The summed E-state index contributed by atoms with van der Waals surface area (Å²) in [6.07, 6.45) is 1.14. The number of benzene rings is 2. The molecule has 6 nitrogen and oxygen atoms in total. The monoisotopic (exact) mass is 501 g/mol. The first kappa shape index (κ1) is 24.0. The second-order valence-corrected chi connectivity index (χ2v) is 7.79. The molecule has 0 bridgehead atoms. The van der Waals surface area contributed by atoms with E-state index in [1.807, 2.05) is 68.4 Å². The van der Waals surface area contributed by atoms with Gasteiger partial charge in [0.2, 0.25) is 5.89 Å². The Morgan fingerprint density at radius 2 is 1.88 bits per heavy atom. The molecular formula is C25H28BrNO5. The molecule has 1 aromatic heterocycles. The fraction of sp³-hybridized carbons (Fsp3) is 0.360. The average Bonchev–Trinajstić information content (AvgIpc) is 3.19. The van der Waals surface area contributed by atoms with Crippen LogP contribution in [0.1, 0.15) is 23.9 Å². The molecule has 32 heavy (non-hydrogen) atoms. The van der Waals surface area contributed by atoms with E-state index >= 15 is 0 Å². The molecule has 0 radical (unpaired) electrons. The zero-order valence-corrected chi connectivity index (χ0v) is 20.0. The number of carbonyl (C=O) groups is 1. The van der Waals surface area contributed by atoms with Crippen molar-refractivity contribution in [1.82, 2.24) is 4.98 Å². The van der Waals surface area contributed by atoms with Gasteiger partial charge in [-0.25, -0.2) is 4.98 Å². The zero-order valence-electron chi connectivity index (χ0n) is 18.4. The summed E-state index contributed by atoms with van der Waals surface area (Å²) in [5, 5.41) is 0.180. The van der Waals surface area contributed by atoms with Crippen LogP contribution in [0, 0.1) is 6.92 Å². The average molecular weight is 502 g/mol. The maximum absolute atomic E-state index is 11.4. The van der Waals surface area contributed by atoms with Crippen molar-refractivity contribution in [3.05, 3.63) is 71.6 Å². The summed E-state index contributed by atoms with van der Waals surface area (Å²) in [5.41, 5.74) is 2.95. The minimum atomic E-state index is -0.295. The smallest absolute Gasteiger partial charge is 0.316 e. The predicted octanol–water partition coefficient (Wildman–Crippen LogP) is 5.16. The Hall–Kier alpha value is -2.64. The molecule has 2 aromatic carbocycles. The lowest BCUT2D eigenvalue weighted by Crippen LogP contribution is -2.25. The first-order valence-electron chi connectivity index (χ1n) is 10.7. The van der Waals surface area contributed by atoms with E-state index in [2.05, 4.69) is 20.9 Å². The molecule has 0 unspecified atom stereocenters. The predicted molar refractivity (Wildman–Crippen MR) is 126 cm³/mol. The lowest BCUT2D eigenvalue weighted by Gasteiger charge is -2.17. The zero-order chi connectivity index (χ0) is 22.8. The SMILES string of the molecule is CCO[C@H](COC(=O)CBr)Cc1ccc(OCCc2nc(-c3ccccc3)oc2C)cc1. The van der Waals surface area contributed by atoms with Gasteiger partial charge in [0.1, 0.15) is 23.4 Å². The standard InChI is InChI=1S/C25H28BrNO5/c1-3-29-22(17-31-24(28)16-26)15-19-9-11-21(12-10-19)30-14-13-23-18(2)32-25(27-23)20-7-5-4-6-8-20/h4-12,22H,3,13-17H2,1-2H3/t22-/m0/s1. The third kappa shape index (κ3) is 7.21. The largest absolute Gasteiger partial charge is 0.493 e. The fourth-order valence-corrected chi connectivity index (χ4v) is 3.40. The molecule has 0 aliphatic heterocycles. The number of hydrogen-bond donors (Lipinski definition) is 0. The lowest BCUT2D eigenvalue weighted by atomic mass is 10.1. The second-order valence-electron chi connectivity index (χ2n) is 7.23. The normalized spacial score (nSPS) is 11.8. The number of oxazole rings is 1. The number of nitrogens with zero attached hydrogens (tertiary/aromatic N) is 1. The maximum Gasteiger partial charge on any atom is 0.316 e. The van der Waals surface area contributed by atoms with Crippen molar-refractivity contribution in [2.45, 2.75) is 32.8 Å². The number of rotatable bonds is 12. The van der Waals surface area contributed by atoms with Gasteiger partial charge >= 0.3 is 5.97 Å². The van der Waals surface area contributed by atoms with Crippen molar-refractivity contribution >= 4 is 21.9 Å². The Bertz CT molecular complexity index is 972. The Balaban J connectivity index is 1.49. The van der Waals surface area contributed by atoms with E-state index < -0.39 is 0 Å². The number of halogens is 1. The Labute approximate surface area is 197 Å². The number of aromatic nitrogens is 1. The minimum Gasteiger partial charge on any atom is -0.493 e. The van der Waals surface area contributed by atoms with Crippen LogP contribution in [0.3, 0.4) is 0 Å². The lowest BCUT2D eigenvalue weighted by molar-refractivity contribution is -0.144. The molecular weight excluding hydrogens is 474 g/mol. The van der Waals surface area contributed by atoms with Crippen LogP contribution in [0.15, 0.2) is 59.0 Å². The topological polar surface area (TPSA) is 70.8 Å². The van der Waals surface area contributed by atoms with Crippen molar-refractivity contribution in [2.24, 2.45) is 0 Å². The highest BCUT2D eigenvalue weighted by Crippen LogP contribution is 2.22. The second kappa shape index (κ2) is 12.4. The molecule has 0 N–H and O–H groups in total. The summed E-state index contributed by atoms with van der Waals surface area (Å²) in [7, 11) is 0. The molecule has 7 heteroatoms. The summed E-state index contributed by atoms with van der Waals surface area (Å²) >= 11 is 3.09. The molecule has 0 aliphatic rings. The fourth-order valence-electron chi connectivity index (χ4n) is 3.24. The van der Waals surface area contributed by atoms with Crippen LogP contribution in [0.5, 0.6) is 5.75 Å². The molecule has 0 saturated heterocycles. The highest BCUT2D eigenvalue weighted by atomic mass is 79.9. The number of alkyl halides is 1. The van der Waals surface area contributed by atoms with Crippen molar-refractivity contribution in [3.8, 4) is 17.2 Å². The molecule has 3 aromatic rings. The molecule has 0 saturated carbocycles. The van der Waals surface area contributed by atoms with Crippen LogP contribution in [-0.2, 0) is 27.1 Å². The summed E-state index contributed by atoms with van der Waals surface area (Å²) in [6.45, 7) is 5.15. The van der Waals surface area contributed by atoms with Gasteiger partial charge in [0.25, 0.3) is 0 Å². The quantitative estimate of drug-likeness (QED) is 0.252. The Morgan fingerprint density at radius 1 is 1.12 bits per heavy atom. The van der Waals surface area contributed by atoms with Crippen molar-refractivity contribution in [2.75, 3.05) is 25.2 Å². The summed E-state index contributed by atoms with van der Waals surface area (Å²) in [6, 6.07) is 17.7. The molecule has 1 heterocycles. The van der Waals surface area contributed by atoms with Crippen molar-refractivity contribution < 1.29 is 23.4 Å². The molecule has 0 amide bonds. The number of hydrogen-bond acceptors (Lipinski definition) is 6. The molecule has 170 valence electrons. The van der Waals surface area contributed by atoms with Gasteiger partial charge in [0, 0.05) is 25.0 Å². The summed E-state index contributed by atoms with van der Waals surface area (Å²) in [5.74, 6) is 1.94. The van der Waals surface area contributed by atoms with Gasteiger partial charge in [-0.05, 0) is 43.7 Å². The maximum atomic E-state index is 11.4. The van der Waals surface area contributed by atoms with Gasteiger partial charge < -0.3 is 18.6 Å². The van der Waals surface area contributed by atoms with Crippen LogP contribution in [-0.4, -0.2) is 42.2 Å². The van der Waals surface area contributed by atoms with E-state index in [0.29, 0.717) is 31.9 Å². The first-order chi connectivity index (χ1) is 15.6. The van der Waals surface area contributed by atoms with E-state index in [4.69, 9.17) is 18.6 Å². The van der Waals surface area contributed by atoms with Gasteiger partial charge in [0.15, 0.2) is 0 Å². The Morgan fingerprint density at radius 3 is 2.56 bits per heavy atom. The number of aryl methyl sites for hydroxylation is 1. The van der Waals surface area contributed by atoms with Gasteiger partial charge in [-0.2, -0.15) is 0 Å². The van der Waals surface area contributed by atoms with Gasteiger partial charge in [-0.15, -0.1) is 0 Å². The van der Waals surface area contributed by atoms with Crippen LogP contribution in [0.2, 0.25) is 0 Å². The van der Waals surface area contributed by atoms with E-state index in [1.165, 1.54) is 0 Å². The van der Waals surface area contributed by atoms with Crippen LogP contribution < -0.4 is 4.74 Å². The summed E-state index contributed by atoms with van der Waals surface area (Å²) < 4.78 is 22.6. The number of esters is 1. The van der Waals surface area contributed by atoms with Crippen molar-refractivity contribution in [3.63, 3.8) is 0 Å². The van der Waals surface area contributed by atoms with Gasteiger partial charge in [-0.3, -0.25) is 4.79 Å².